The molecule has 0 radical (unpaired) electrons. The molecule has 1 aromatic carbocycles. The first kappa shape index (κ1) is 13.0. The van der Waals surface area contributed by atoms with Gasteiger partial charge in [0.25, 0.3) is 5.69 Å². The van der Waals surface area contributed by atoms with E-state index in [9.17, 15) is 10.1 Å². The van der Waals surface area contributed by atoms with Crippen LogP contribution in [0.15, 0.2) is 24.3 Å². The minimum atomic E-state index is -0.361. The minimum Gasteiger partial charge on any atom is -0.310 e. The first-order valence-electron chi connectivity index (χ1n) is 6.63. The van der Waals surface area contributed by atoms with Crippen LogP contribution in [0.2, 0.25) is 0 Å². The minimum absolute atomic E-state index is 0.157. The van der Waals surface area contributed by atoms with E-state index < -0.39 is 0 Å². The van der Waals surface area contributed by atoms with E-state index in [2.05, 4.69) is 12.2 Å². The van der Waals surface area contributed by atoms with Crippen LogP contribution in [0.3, 0.4) is 0 Å². The van der Waals surface area contributed by atoms with Crippen molar-refractivity contribution in [3.8, 4) is 0 Å². The van der Waals surface area contributed by atoms with Gasteiger partial charge >= 0.3 is 0 Å². The highest BCUT2D eigenvalue weighted by molar-refractivity contribution is 5.32. The van der Waals surface area contributed by atoms with Gasteiger partial charge in [0.2, 0.25) is 0 Å². The third kappa shape index (κ3) is 3.29. The van der Waals surface area contributed by atoms with Crippen LogP contribution in [0.1, 0.15) is 38.2 Å². The quantitative estimate of drug-likeness (QED) is 0.657. The van der Waals surface area contributed by atoms with Crippen molar-refractivity contribution < 1.29 is 4.92 Å². The fraction of sp³-hybridized carbons (Fsp3) is 0.571. The number of hydrogen-bond donors (Lipinski definition) is 1. The van der Waals surface area contributed by atoms with Gasteiger partial charge in [-0.15, -0.1) is 0 Å². The van der Waals surface area contributed by atoms with Crippen molar-refractivity contribution >= 4 is 5.69 Å². The van der Waals surface area contributed by atoms with Crippen molar-refractivity contribution in [2.45, 2.75) is 45.2 Å². The first-order valence-corrected chi connectivity index (χ1v) is 6.63. The first-order chi connectivity index (χ1) is 8.66. The van der Waals surface area contributed by atoms with E-state index >= 15 is 0 Å². The Bertz CT molecular complexity index is 403. The maximum Gasteiger partial charge on any atom is 0.269 e. The van der Waals surface area contributed by atoms with Crippen molar-refractivity contribution in [1.29, 1.82) is 0 Å². The van der Waals surface area contributed by atoms with Crippen LogP contribution in [0.5, 0.6) is 0 Å². The van der Waals surface area contributed by atoms with Gasteiger partial charge in [-0.05, 0) is 24.3 Å². The maximum atomic E-state index is 10.6. The summed E-state index contributed by atoms with van der Waals surface area (Å²) in [5, 5.41) is 14.1. The molecule has 1 aliphatic carbocycles. The smallest absolute Gasteiger partial charge is 0.269 e. The molecule has 0 aliphatic heterocycles. The second-order valence-corrected chi connectivity index (χ2v) is 5.17. The highest BCUT2D eigenvalue weighted by Crippen LogP contribution is 2.24. The topological polar surface area (TPSA) is 55.2 Å². The van der Waals surface area contributed by atoms with Gasteiger partial charge in [-0.2, -0.15) is 0 Å². The number of benzene rings is 1. The molecule has 0 amide bonds. The molecular formula is C14H20N2O2. The number of hydrogen-bond acceptors (Lipinski definition) is 3. The predicted octanol–water partition coefficient (Wildman–Crippen LogP) is 3.26. The largest absolute Gasteiger partial charge is 0.310 e. The zero-order chi connectivity index (χ0) is 13.0. The summed E-state index contributed by atoms with van der Waals surface area (Å²) in [5.74, 6) is 0.733. The van der Waals surface area contributed by atoms with E-state index in [1.54, 1.807) is 12.1 Å². The van der Waals surface area contributed by atoms with E-state index in [1.807, 2.05) is 12.1 Å². The van der Waals surface area contributed by atoms with E-state index in [0.717, 1.165) is 18.0 Å². The molecule has 2 rings (SSSR count). The molecule has 0 saturated heterocycles. The second-order valence-electron chi connectivity index (χ2n) is 5.17. The molecule has 98 valence electrons. The summed E-state index contributed by atoms with van der Waals surface area (Å²) >= 11 is 0. The molecule has 4 heteroatoms. The van der Waals surface area contributed by atoms with E-state index in [1.165, 1.54) is 25.7 Å². The van der Waals surface area contributed by atoms with Gasteiger partial charge in [-0.25, -0.2) is 0 Å². The molecule has 0 aromatic heterocycles. The summed E-state index contributed by atoms with van der Waals surface area (Å²) in [6, 6.07) is 7.40. The SMILES string of the molecule is C[C@H]1CCCC[C@H]1NCc1ccc([N+](=O)[O-])cc1. The van der Waals surface area contributed by atoms with Crippen LogP contribution >= 0.6 is 0 Å². The van der Waals surface area contributed by atoms with Gasteiger partial charge in [0, 0.05) is 24.7 Å². The molecule has 1 aromatic rings. The molecule has 0 heterocycles. The Balaban J connectivity index is 1.87. The Morgan fingerprint density at radius 3 is 2.56 bits per heavy atom. The zero-order valence-electron chi connectivity index (χ0n) is 10.8. The second kappa shape index (κ2) is 5.96. The van der Waals surface area contributed by atoms with Crippen LogP contribution in [-0.2, 0) is 6.54 Å². The Labute approximate surface area is 108 Å². The third-order valence-corrected chi connectivity index (χ3v) is 3.83. The number of nitro groups is 1. The standard InChI is InChI=1S/C14H20N2O2/c1-11-4-2-3-5-14(11)15-10-12-6-8-13(9-7-12)16(17)18/h6-9,11,14-15H,2-5,10H2,1H3/t11-,14+/m0/s1. The number of nitro benzene ring substituents is 1. The predicted molar refractivity (Wildman–Crippen MR) is 71.4 cm³/mol. The van der Waals surface area contributed by atoms with Gasteiger partial charge in [-0.1, -0.05) is 31.9 Å². The zero-order valence-corrected chi connectivity index (χ0v) is 10.8. The highest BCUT2D eigenvalue weighted by Gasteiger charge is 2.20. The van der Waals surface area contributed by atoms with Crippen LogP contribution < -0.4 is 5.32 Å². The highest BCUT2D eigenvalue weighted by atomic mass is 16.6. The molecule has 2 atom stereocenters. The average Bonchev–Trinajstić information content (AvgIpc) is 2.38. The van der Waals surface area contributed by atoms with Crippen molar-refractivity contribution in [2.75, 3.05) is 0 Å². The summed E-state index contributed by atoms with van der Waals surface area (Å²) < 4.78 is 0. The lowest BCUT2D eigenvalue weighted by molar-refractivity contribution is -0.384. The maximum absolute atomic E-state index is 10.6. The number of nitrogens with one attached hydrogen (secondary N) is 1. The fourth-order valence-electron chi connectivity index (χ4n) is 2.60. The van der Waals surface area contributed by atoms with Gasteiger partial charge in [-0.3, -0.25) is 10.1 Å². The normalized spacial score (nSPS) is 23.8. The van der Waals surface area contributed by atoms with Crippen molar-refractivity contribution in [3.05, 3.63) is 39.9 Å². The monoisotopic (exact) mass is 248 g/mol. The van der Waals surface area contributed by atoms with Crippen molar-refractivity contribution in [2.24, 2.45) is 5.92 Å². The van der Waals surface area contributed by atoms with Gasteiger partial charge in [0.05, 0.1) is 4.92 Å². The van der Waals surface area contributed by atoms with Crippen molar-refractivity contribution in [1.82, 2.24) is 5.32 Å². The van der Waals surface area contributed by atoms with Crippen molar-refractivity contribution in [3.63, 3.8) is 0 Å². The summed E-state index contributed by atoms with van der Waals surface area (Å²) in [7, 11) is 0. The summed E-state index contributed by atoms with van der Waals surface area (Å²) in [4.78, 5) is 10.2. The van der Waals surface area contributed by atoms with Gasteiger partial charge in [0.15, 0.2) is 0 Å². The number of rotatable bonds is 4. The third-order valence-electron chi connectivity index (χ3n) is 3.83. The summed E-state index contributed by atoms with van der Waals surface area (Å²) in [5.41, 5.74) is 1.27. The lowest BCUT2D eigenvalue weighted by atomic mass is 9.86. The summed E-state index contributed by atoms with van der Waals surface area (Å²) in [6.07, 6.45) is 5.20. The lowest BCUT2D eigenvalue weighted by Gasteiger charge is -2.29. The molecule has 1 aliphatic rings. The lowest BCUT2D eigenvalue weighted by Crippen LogP contribution is -2.36. The molecule has 1 N–H and O–H groups in total. The van der Waals surface area contributed by atoms with Gasteiger partial charge in [0.1, 0.15) is 0 Å². The molecule has 1 saturated carbocycles. The Hall–Kier alpha value is -1.42. The summed E-state index contributed by atoms with van der Waals surface area (Å²) in [6.45, 7) is 3.10. The molecule has 1 fully saturated rings. The van der Waals surface area contributed by atoms with E-state index in [-0.39, 0.29) is 10.6 Å². The van der Waals surface area contributed by atoms with Gasteiger partial charge < -0.3 is 5.32 Å². The molecule has 0 bridgehead atoms. The fourth-order valence-corrected chi connectivity index (χ4v) is 2.60. The van der Waals surface area contributed by atoms with Crippen LogP contribution in [0.4, 0.5) is 5.69 Å². The average molecular weight is 248 g/mol. The number of nitrogens with zero attached hydrogens (tertiary/aromatic N) is 1. The Morgan fingerprint density at radius 2 is 1.94 bits per heavy atom. The molecule has 0 spiro atoms. The Morgan fingerprint density at radius 1 is 1.28 bits per heavy atom. The Kier molecular flexibility index (Phi) is 4.31. The molecule has 4 nitrogen and oxygen atoms in total. The molecule has 0 unspecified atom stereocenters. The van der Waals surface area contributed by atoms with Crippen LogP contribution in [0.25, 0.3) is 0 Å². The molecular weight excluding hydrogens is 228 g/mol. The van der Waals surface area contributed by atoms with E-state index in [4.69, 9.17) is 0 Å². The molecule has 18 heavy (non-hydrogen) atoms. The van der Waals surface area contributed by atoms with E-state index in [0.29, 0.717) is 6.04 Å². The van der Waals surface area contributed by atoms with Crippen LogP contribution in [-0.4, -0.2) is 11.0 Å². The number of non-ortho nitro benzene ring substituents is 1. The van der Waals surface area contributed by atoms with Crippen LogP contribution in [0, 0.1) is 16.0 Å².